The average molecular weight is 326 g/mol. The van der Waals surface area contributed by atoms with Crippen LogP contribution in [0.25, 0.3) is 0 Å². The normalized spacial score (nSPS) is 13.5. The standard InChI is InChI=1S/C19H18O3S/c1-22-15-9-7-14(8-10-15)19(21)17-12-11-16(23-17)18(20)13-5-3-2-4-6-13/h2-12,18-21H,1H3/t18-,19+/m1/s1. The smallest absolute Gasteiger partial charge is 0.118 e. The molecule has 0 bridgehead atoms. The fourth-order valence-corrected chi connectivity index (χ4v) is 3.45. The van der Waals surface area contributed by atoms with Gasteiger partial charge in [0.1, 0.15) is 18.0 Å². The Hall–Kier alpha value is -2.14. The lowest BCUT2D eigenvalue weighted by molar-refractivity contribution is 0.223. The summed E-state index contributed by atoms with van der Waals surface area (Å²) in [6.07, 6.45) is -1.37. The summed E-state index contributed by atoms with van der Waals surface area (Å²) in [5, 5.41) is 20.9. The zero-order valence-corrected chi connectivity index (χ0v) is 13.5. The van der Waals surface area contributed by atoms with Crippen molar-refractivity contribution in [1.82, 2.24) is 0 Å². The van der Waals surface area contributed by atoms with Gasteiger partial charge in [0.2, 0.25) is 0 Å². The lowest BCUT2D eigenvalue weighted by Crippen LogP contribution is -1.97. The van der Waals surface area contributed by atoms with Crippen molar-refractivity contribution in [2.75, 3.05) is 7.11 Å². The molecule has 0 saturated heterocycles. The number of rotatable bonds is 5. The molecular formula is C19H18O3S. The van der Waals surface area contributed by atoms with Crippen LogP contribution in [0, 0.1) is 0 Å². The Balaban J connectivity index is 1.80. The summed E-state index contributed by atoms with van der Waals surface area (Å²) in [5.74, 6) is 0.757. The monoisotopic (exact) mass is 326 g/mol. The zero-order chi connectivity index (χ0) is 16.2. The fraction of sp³-hybridized carbons (Fsp3) is 0.158. The van der Waals surface area contributed by atoms with Gasteiger partial charge in [0.25, 0.3) is 0 Å². The first kappa shape index (κ1) is 15.7. The van der Waals surface area contributed by atoms with Crippen LogP contribution >= 0.6 is 11.3 Å². The van der Waals surface area contributed by atoms with E-state index in [-0.39, 0.29) is 0 Å². The van der Waals surface area contributed by atoms with E-state index in [9.17, 15) is 10.2 Å². The number of hydrogen-bond acceptors (Lipinski definition) is 4. The van der Waals surface area contributed by atoms with Gasteiger partial charge >= 0.3 is 0 Å². The third kappa shape index (κ3) is 3.45. The van der Waals surface area contributed by atoms with E-state index >= 15 is 0 Å². The summed E-state index contributed by atoms with van der Waals surface area (Å²) < 4.78 is 5.13. The lowest BCUT2D eigenvalue weighted by atomic mass is 10.1. The Morgan fingerprint density at radius 3 is 1.78 bits per heavy atom. The molecule has 2 N–H and O–H groups in total. The predicted octanol–water partition coefficient (Wildman–Crippen LogP) is 3.92. The molecule has 118 valence electrons. The van der Waals surface area contributed by atoms with Gasteiger partial charge in [0.05, 0.1) is 7.11 Å². The number of benzene rings is 2. The van der Waals surface area contributed by atoms with Crippen molar-refractivity contribution in [3.8, 4) is 5.75 Å². The van der Waals surface area contributed by atoms with E-state index in [4.69, 9.17) is 4.74 Å². The Morgan fingerprint density at radius 2 is 1.26 bits per heavy atom. The van der Waals surface area contributed by atoms with E-state index in [1.165, 1.54) is 11.3 Å². The van der Waals surface area contributed by atoms with Gasteiger partial charge in [0, 0.05) is 9.75 Å². The minimum atomic E-state index is -0.706. The minimum absolute atomic E-state index is 0.669. The molecule has 2 atom stereocenters. The quantitative estimate of drug-likeness (QED) is 0.747. The zero-order valence-electron chi connectivity index (χ0n) is 12.7. The van der Waals surface area contributed by atoms with E-state index in [1.807, 2.05) is 66.7 Å². The number of aliphatic hydroxyl groups excluding tert-OH is 2. The SMILES string of the molecule is COc1ccc([C@H](O)c2ccc([C@H](O)c3ccccc3)s2)cc1. The second kappa shape index (κ2) is 6.96. The second-order valence-corrected chi connectivity index (χ2v) is 6.38. The van der Waals surface area contributed by atoms with Crippen molar-refractivity contribution >= 4 is 11.3 Å². The van der Waals surface area contributed by atoms with Crippen LogP contribution in [0.15, 0.2) is 66.7 Å². The molecule has 0 fully saturated rings. The Labute approximate surface area is 139 Å². The largest absolute Gasteiger partial charge is 0.497 e. The summed E-state index contributed by atoms with van der Waals surface area (Å²) in [6.45, 7) is 0. The van der Waals surface area contributed by atoms with E-state index < -0.39 is 12.2 Å². The summed E-state index contributed by atoms with van der Waals surface area (Å²) in [5.41, 5.74) is 1.65. The summed E-state index contributed by atoms with van der Waals surface area (Å²) in [4.78, 5) is 1.62. The van der Waals surface area contributed by atoms with Gasteiger partial charge in [-0.1, -0.05) is 42.5 Å². The molecule has 1 aromatic heterocycles. The highest BCUT2D eigenvalue weighted by Gasteiger charge is 2.17. The second-order valence-electron chi connectivity index (χ2n) is 5.23. The van der Waals surface area contributed by atoms with Crippen molar-refractivity contribution < 1.29 is 14.9 Å². The molecule has 3 aromatic rings. The van der Waals surface area contributed by atoms with Gasteiger partial charge < -0.3 is 14.9 Å². The molecule has 0 spiro atoms. The van der Waals surface area contributed by atoms with E-state index in [0.717, 1.165) is 26.6 Å². The highest BCUT2D eigenvalue weighted by molar-refractivity contribution is 7.12. The molecule has 0 aliphatic rings. The maximum atomic E-state index is 10.5. The third-order valence-corrected chi connectivity index (χ3v) is 4.92. The number of methoxy groups -OCH3 is 1. The average Bonchev–Trinajstić information content (AvgIpc) is 3.11. The van der Waals surface area contributed by atoms with Crippen molar-refractivity contribution in [3.63, 3.8) is 0 Å². The molecule has 3 rings (SSSR count). The van der Waals surface area contributed by atoms with Crippen LogP contribution < -0.4 is 4.74 Å². The molecule has 2 aromatic carbocycles. The first-order chi connectivity index (χ1) is 11.2. The van der Waals surface area contributed by atoms with Crippen LogP contribution in [0.4, 0.5) is 0 Å². The van der Waals surface area contributed by atoms with Crippen molar-refractivity contribution in [3.05, 3.63) is 87.6 Å². The van der Waals surface area contributed by atoms with Crippen molar-refractivity contribution in [1.29, 1.82) is 0 Å². The Kier molecular flexibility index (Phi) is 4.76. The topological polar surface area (TPSA) is 49.7 Å². The molecule has 0 aliphatic carbocycles. The first-order valence-corrected chi connectivity index (χ1v) is 8.15. The minimum Gasteiger partial charge on any atom is -0.497 e. The van der Waals surface area contributed by atoms with Gasteiger partial charge in [-0.3, -0.25) is 0 Å². The Bertz CT molecular complexity index is 750. The molecule has 0 amide bonds. The third-order valence-electron chi connectivity index (χ3n) is 3.73. The number of ether oxygens (including phenoxy) is 1. The lowest BCUT2D eigenvalue weighted by Gasteiger charge is -2.11. The highest BCUT2D eigenvalue weighted by atomic mass is 32.1. The van der Waals surface area contributed by atoms with Gasteiger partial charge in [-0.15, -0.1) is 11.3 Å². The van der Waals surface area contributed by atoms with Crippen molar-refractivity contribution in [2.45, 2.75) is 12.2 Å². The summed E-state index contributed by atoms with van der Waals surface area (Å²) in [7, 11) is 1.61. The summed E-state index contributed by atoms with van der Waals surface area (Å²) >= 11 is 1.42. The number of aliphatic hydroxyl groups is 2. The molecule has 0 saturated carbocycles. The highest BCUT2D eigenvalue weighted by Crippen LogP contribution is 2.34. The molecule has 3 nitrogen and oxygen atoms in total. The maximum absolute atomic E-state index is 10.5. The van der Waals surface area contributed by atoms with Gasteiger partial charge in [-0.25, -0.2) is 0 Å². The van der Waals surface area contributed by atoms with E-state index in [0.29, 0.717) is 0 Å². The predicted molar refractivity (Wildman–Crippen MR) is 91.9 cm³/mol. The van der Waals surface area contributed by atoms with Crippen LogP contribution in [0.3, 0.4) is 0 Å². The molecule has 0 radical (unpaired) electrons. The molecular weight excluding hydrogens is 308 g/mol. The van der Waals surface area contributed by atoms with Gasteiger partial charge in [-0.05, 0) is 35.4 Å². The Morgan fingerprint density at radius 1 is 0.739 bits per heavy atom. The molecule has 23 heavy (non-hydrogen) atoms. The van der Waals surface area contributed by atoms with E-state index in [2.05, 4.69) is 0 Å². The van der Waals surface area contributed by atoms with Crippen LogP contribution in [0.1, 0.15) is 33.1 Å². The van der Waals surface area contributed by atoms with Gasteiger partial charge in [-0.2, -0.15) is 0 Å². The summed E-state index contributed by atoms with van der Waals surface area (Å²) in [6, 6.07) is 20.6. The maximum Gasteiger partial charge on any atom is 0.118 e. The van der Waals surface area contributed by atoms with Crippen LogP contribution in [0.2, 0.25) is 0 Å². The molecule has 4 heteroatoms. The first-order valence-electron chi connectivity index (χ1n) is 7.33. The van der Waals surface area contributed by atoms with Crippen LogP contribution in [-0.2, 0) is 0 Å². The van der Waals surface area contributed by atoms with Crippen LogP contribution in [0.5, 0.6) is 5.75 Å². The number of hydrogen-bond donors (Lipinski definition) is 2. The van der Waals surface area contributed by atoms with Gasteiger partial charge in [0.15, 0.2) is 0 Å². The van der Waals surface area contributed by atoms with Crippen molar-refractivity contribution in [2.24, 2.45) is 0 Å². The van der Waals surface area contributed by atoms with Crippen LogP contribution in [-0.4, -0.2) is 17.3 Å². The van der Waals surface area contributed by atoms with E-state index in [1.54, 1.807) is 7.11 Å². The molecule has 0 aliphatic heterocycles. The molecule has 1 heterocycles. The molecule has 0 unspecified atom stereocenters. The number of thiophene rings is 1. The fourth-order valence-electron chi connectivity index (χ4n) is 2.41.